The van der Waals surface area contributed by atoms with E-state index in [1.54, 1.807) is 13.8 Å². The molecule has 0 aromatic carbocycles. The lowest BCUT2D eigenvalue weighted by Gasteiger charge is -2.36. The molecule has 0 fully saturated rings. The zero-order valence-corrected chi connectivity index (χ0v) is 14.5. The van der Waals surface area contributed by atoms with Gasteiger partial charge in [0.2, 0.25) is 0 Å². The average Bonchev–Trinajstić information content (AvgIpc) is 3.17. The first-order valence-electron chi connectivity index (χ1n) is 8.07. The summed E-state index contributed by atoms with van der Waals surface area (Å²) in [5, 5.41) is 10.8. The minimum atomic E-state index is -1.40. The van der Waals surface area contributed by atoms with Crippen molar-refractivity contribution in [2.24, 2.45) is 11.7 Å². The Labute approximate surface area is 149 Å². The van der Waals surface area contributed by atoms with Crippen molar-refractivity contribution < 1.29 is 24.3 Å². The van der Waals surface area contributed by atoms with Gasteiger partial charge in [0, 0.05) is 30.5 Å². The Morgan fingerprint density at radius 2 is 1.92 bits per heavy atom. The van der Waals surface area contributed by atoms with E-state index in [-0.39, 0.29) is 18.8 Å². The number of hydrogen-bond donors (Lipinski definition) is 3. The number of nitrogens with zero attached hydrogens (tertiary/aromatic N) is 3. The van der Waals surface area contributed by atoms with Gasteiger partial charge < -0.3 is 15.8 Å². The van der Waals surface area contributed by atoms with Crippen LogP contribution in [-0.4, -0.2) is 60.9 Å². The van der Waals surface area contributed by atoms with E-state index in [0.29, 0.717) is 15.7 Å². The van der Waals surface area contributed by atoms with Gasteiger partial charge in [-0.1, -0.05) is 13.8 Å². The lowest BCUT2D eigenvalue weighted by atomic mass is 10.0. The normalized spacial score (nSPS) is 16.2. The summed E-state index contributed by atoms with van der Waals surface area (Å²) in [6.07, 6.45) is 4.96. The molecule has 140 valence electrons. The number of nitrogens with two attached hydrogens (primary N) is 1. The zero-order valence-electron chi connectivity index (χ0n) is 14.5. The second kappa shape index (κ2) is 7.91. The van der Waals surface area contributed by atoms with E-state index in [4.69, 9.17) is 5.73 Å². The Hall–Kier alpha value is -3.01. The van der Waals surface area contributed by atoms with Gasteiger partial charge >= 0.3 is 5.97 Å². The number of aromatic nitrogens is 2. The van der Waals surface area contributed by atoms with Gasteiger partial charge in [-0.2, -0.15) is 5.01 Å². The molecule has 2 unspecified atom stereocenters. The zero-order chi connectivity index (χ0) is 19.4. The molecule has 0 spiro atoms. The fraction of sp³-hybridized carbons (Fsp3) is 0.438. The van der Waals surface area contributed by atoms with Crippen LogP contribution in [0.5, 0.6) is 0 Å². The van der Waals surface area contributed by atoms with Gasteiger partial charge in [0.25, 0.3) is 17.7 Å². The second-order valence-electron chi connectivity index (χ2n) is 6.38. The summed E-state index contributed by atoms with van der Waals surface area (Å²) < 4.78 is 0. The highest BCUT2D eigenvalue weighted by atomic mass is 16.4. The predicted octanol–water partition coefficient (Wildman–Crippen LogP) is -0.553. The van der Waals surface area contributed by atoms with Gasteiger partial charge in [0.05, 0.1) is 12.4 Å². The Morgan fingerprint density at radius 1 is 1.31 bits per heavy atom. The third-order valence-electron chi connectivity index (χ3n) is 3.81. The highest BCUT2D eigenvalue weighted by Crippen LogP contribution is 2.20. The molecule has 0 aliphatic carbocycles. The Balaban J connectivity index is 2.35. The van der Waals surface area contributed by atoms with Crippen LogP contribution in [-0.2, 0) is 25.6 Å². The van der Waals surface area contributed by atoms with Crippen LogP contribution in [0, 0.1) is 5.92 Å². The van der Waals surface area contributed by atoms with E-state index in [1.165, 1.54) is 12.5 Å². The Kier molecular flexibility index (Phi) is 5.88. The fourth-order valence-corrected chi connectivity index (χ4v) is 2.64. The van der Waals surface area contributed by atoms with E-state index in [1.807, 2.05) is 0 Å². The van der Waals surface area contributed by atoms with Crippen molar-refractivity contribution in [2.45, 2.75) is 38.8 Å². The number of carbonyl (C=O) groups excluding carboxylic acids is 3. The lowest BCUT2D eigenvalue weighted by Crippen LogP contribution is -2.61. The highest BCUT2D eigenvalue weighted by molar-refractivity contribution is 6.14. The molecule has 0 saturated heterocycles. The van der Waals surface area contributed by atoms with Crippen molar-refractivity contribution in [1.82, 2.24) is 20.0 Å². The number of carboxylic acid groups (broad SMARTS) is 1. The van der Waals surface area contributed by atoms with Gasteiger partial charge in [-0.3, -0.25) is 14.4 Å². The number of nitrogens with one attached hydrogen (secondary N) is 1. The van der Waals surface area contributed by atoms with E-state index in [2.05, 4.69) is 9.97 Å². The van der Waals surface area contributed by atoms with Crippen molar-refractivity contribution in [2.75, 3.05) is 0 Å². The quantitative estimate of drug-likeness (QED) is 0.524. The van der Waals surface area contributed by atoms with E-state index in [0.717, 1.165) is 12.2 Å². The molecular formula is C16H21N5O5. The van der Waals surface area contributed by atoms with E-state index in [9.17, 15) is 24.3 Å². The molecule has 1 aromatic heterocycles. The first-order chi connectivity index (χ1) is 12.2. The standard InChI is InChI=1S/C16H21N5O5/c1-9(2)5-12(16(25)26)20(21-13(22)3-4-14(21)23)15(24)11(17)6-10-7-18-8-19-10/h3-4,7-9,11-12H,5-6,17H2,1-2H3,(H,18,19)(H,25,26). The molecule has 26 heavy (non-hydrogen) atoms. The number of hydrazine groups is 1. The summed E-state index contributed by atoms with van der Waals surface area (Å²) in [6.45, 7) is 3.55. The highest BCUT2D eigenvalue weighted by Gasteiger charge is 2.42. The topological polar surface area (TPSA) is 150 Å². The molecule has 2 atom stereocenters. The van der Waals surface area contributed by atoms with Gasteiger partial charge in [-0.25, -0.2) is 14.8 Å². The van der Waals surface area contributed by atoms with Crippen molar-refractivity contribution in [3.8, 4) is 0 Å². The van der Waals surface area contributed by atoms with Gasteiger partial charge in [-0.15, -0.1) is 0 Å². The molecular weight excluding hydrogens is 342 g/mol. The van der Waals surface area contributed by atoms with Gasteiger partial charge in [-0.05, 0) is 12.3 Å². The average molecular weight is 363 g/mol. The van der Waals surface area contributed by atoms with Crippen LogP contribution >= 0.6 is 0 Å². The molecule has 1 aliphatic heterocycles. The van der Waals surface area contributed by atoms with Crippen LogP contribution in [0.15, 0.2) is 24.7 Å². The third kappa shape index (κ3) is 4.14. The van der Waals surface area contributed by atoms with Crippen LogP contribution in [0.1, 0.15) is 26.0 Å². The SMILES string of the molecule is CC(C)CC(C(=O)O)N(C(=O)C(N)Cc1cnc[nH]1)N1C(=O)C=CC1=O. The number of hydrogen-bond acceptors (Lipinski definition) is 6. The number of H-pyrrole nitrogens is 1. The largest absolute Gasteiger partial charge is 0.480 e. The summed E-state index contributed by atoms with van der Waals surface area (Å²) in [7, 11) is 0. The van der Waals surface area contributed by atoms with Crippen LogP contribution in [0.25, 0.3) is 0 Å². The lowest BCUT2D eigenvalue weighted by molar-refractivity contribution is -0.178. The molecule has 1 aromatic rings. The fourth-order valence-electron chi connectivity index (χ4n) is 2.64. The first-order valence-corrected chi connectivity index (χ1v) is 8.07. The molecule has 0 saturated carbocycles. The van der Waals surface area contributed by atoms with Crippen LogP contribution < -0.4 is 5.73 Å². The maximum atomic E-state index is 12.9. The molecule has 10 nitrogen and oxygen atoms in total. The molecule has 1 aliphatic rings. The van der Waals surface area contributed by atoms with E-state index >= 15 is 0 Å². The Bertz CT molecular complexity index is 709. The minimum Gasteiger partial charge on any atom is -0.480 e. The third-order valence-corrected chi connectivity index (χ3v) is 3.81. The monoisotopic (exact) mass is 363 g/mol. The van der Waals surface area contributed by atoms with Crippen LogP contribution in [0.4, 0.5) is 0 Å². The Morgan fingerprint density at radius 3 is 2.38 bits per heavy atom. The molecule has 3 amide bonds. The summed E-state index contributed by atoms with van der Waals surface area (Å²) in [4.78, 5) is 55.4. The number of carbonyl (C=O) groups is 4. The second-order valence-corrected chi connectivity index (χ2v) is 6.38. The van der Waals surface area contributed by atoms with Crippen LogP contribution in [0.2, 0.25) is 0 Å². The molecule has 0 bridgehead atoms. The number of imidazole rings is 1. The number of rotatable bonds is 8. The minimum absolute atomic E-state index is 0.0486. The maximum absolute atomic E-state index is 12.9. The van der Waals surface area contributed by atoms with Crippen molar-refractivity contribution in [1.29, 1.82) is 0 Å². The molecule has 2 heterocycles. The number of aromatic amines is 1. The number of amides is 3. The maximum Gasteiger partial charge on any atom is 0.328 e. The number of imide groups is 1. The molecule has 2 rings (SSSR count). The van der Waals surface area contributed by atoms with Crippen molar-refractivity contribution in [3.63, 3.8) is 0 Å². The van der Waals surface area contributed by atoms with Gasteiger partial charge in [0.1, 0.15) is 0 Å². The summed E-state index contributed by atoms with van der Waals surface area (Å²) >= 11 is 0. The van der Waals surface area contributed by atoms with Crippen LogP contribution in [0.3, 0.4) is 0 Å². The van der Waals surface area contributed by atoms with Gasteiger partial charge in [0.15, 0.2) is 6.04 Å². The molecule has 0 radical (unpaired) electrons. The summed E-state index contributed by atoms with van der Waals surface area (Å²) in [6, 6.07) is -2.56. The number of aliphatic carboxylic acids is 1. The number of carboxylic acids is 1. The predicted molar refractivity (Wildman–Crippen MR) is 89.0 cm³/mol. The first kappa shape index (κ1) is 19.3. The van der Waals surface area contributed by atoms with Crippen molar-refractivity contribution in [3.05, 3.63) is 30.4 Å². The smallest absolute Gasteiger partial charge is 0.328 e. The summed E-state index contributed by atoms with van der Waals surface area (Å²) in [5.74, 6) is -3.83. The molecule has 10 heteroatoms. The van der Waals surface area contributed by atoms with Crippen molar-refractivity contribution >= 4 is 23.7 Å². The van der Waals surface area contributed by atoms with E-state index < -0.39 is 35.8 Å². The summed E-state index contributed by atoms with van der Waals surface area (Å²) in [5.41, 5.74) is 6.50. The molecule has 4 N–H and O–H groups in total.